The zero-order chi connectivity index (χ0) is 15.5. The lowest BCUT2D eigenvalue weighted by Crippen LogP contribution is -1.90. The maximum absolute atomic E-state index is 10.8. The van der Waals surface area contributed by atoms with Crippen molar-refractivity contribution in [2.45, 2.75) is 0 Å². The molecule has 0 saturated carbocycles. The molecule has 0 heterocycles. The van der Waals surface area contributed by atoms with Gasteiger partial charge in [0, 0.05) is 28.9 Å². The van der Waals surface area contributed by atoms with Gasteiger partial charge in [0.05, 0.1) is 10.6 Å². The molecule has 0 fully saturated rings. The number of nitrogens with zero attached hydrogens (tertiary/aromatic N) is 2. The Bertz CT molecular complexity index is 891. The van der Waals surface area contributed by atoms with Crippen LogP contribution < -0.4 is 0 Å². The van der Waals surface area contributed by atoms with E-state index >= 15 is 0 Å². The zero-order valence-electron chi connectivity index (χ0n) is 11.4. The Morgan fingerprint density at radius 3 is 2.55 bits per heavy atom. The third kappa shape index (κ3) is 2.97. The van der Waals surface area contributed by atoms with Gasteiger partial charge in [-0.15, -0.1) is 0 Å². The van der Waals surface area contributed by atoms with E-state index < -0.39 is 4.92 Å². The van der Waals surface area contributed by atoms with Gasteiger partial charge in [0.1, 0.15) is 0 Å². The predicted molar refractivity (Wildman–Crippen MR) is 89.3 cm³/mol. The van der Waals surface area contributed by atoms with Gasteiger partial charge < -0.3 is 0 Å². The fourth-order valence-electron chi connectivity index (χ4n) is 2.14. The maximum Gasteiger partial charge on any atom is 0.270 e. The van der Waals surface area contributed by atoms with Crippen LogP contribution in [0.1, 0.15) is 5.56 Å². The highest BCUT2D eigenvalue weighted by Gasteiger charge is 2.08. The summed E-state index contributed by atoms with van der Waals surface area (Å²) in [5.74, 6) is 0. The van der Waals surface area contributed by atoms with Gasteiger partial charge >= 0.3 is 0 Å². The normalized spacial score (nSPS) is 11.1. The summed E-state index contributed by atoms with van der Waals surface area (Å²) < 4.78 is 0. The highest BCUT2D eigenvalue weighted by molar-refractivity contribution is 6.33. The second-order valence-corrected chi connectivity index (χ2v) is 5.16. The van der Waals surface area contributed by atoms with Crippen LogP contribution in [-0.2, 0) is 0 Å². The molecule has 0 aliphatic carbocycles. The van der Waals surface area contributed by atoms with Crippen molar-refractivity contribution >= 4 is 40.0 Å². The van der Waals surface area contributed by atoms with Crippen LogP contribution >= 0.6 is 11.6 Å². The van der Waals surface area contributed by atoms with Crippen LogP contribution in [0, 0.1) is 10.1 Å². The average Bonchev–Trinajstić information content (AvgIpc) is 2.53. The van der Waals surface area contributed by atoms with Gasteiger partial charge in [-0.25, -0.2) is 0 Å². The van der Waals surface area contributed by atoms with Gasteiger partial charge in [0.25, 0.3) is 5.69 Å². The molecule has 0 aromatic heterocycles. The summed E-state index contributed by atoms with van der Waals surface area (Å²) in [4.78, 5) is 14.7. The summed E-state index contributed by atoms with van der Waals surface area (Å²) in [6.45, 7) is 0. The monoisotopic (exact) mass is 310 g/mol. The van der Waals surface area contributed by atoms with E-state index in [2.05, 4.69) is 4.99 Å². The molecule has 22 heavy (non-hydrogen) atoms. The number of hydrogen-bond donors (Lipinski definition) is 0. The molecule has 3 rings (SSSR count). The predicted octanol–water partition coefficient (Wildman–Crippen LogP) is 5.15. The average molecular weight is 311 g/mol. The Kier molecular flexibility index (Phi) is 3.85. The lowest BCUT2D eigenvalue weighted by Gasteiger charge is -2.00. The highest BCUT2D eigenvalue weighted by atomic mass is 35.5. The van der Waals surface area contributed by atoms with Crippen molar-refractivity contribution in [1.82, 2.24) is 0 Å². The summed E-state index contributed by atoms with van der Waals surface area (Å²) >= 11 is 6.05. The number of fused-ring (bicyclic) bond motifs is 1. The highest BCUT2D eigenvalue weighted by Crippen LogP contribution is 2.23. The Morgan fingerprint density at radius 2 is 1.77 bits per heavy atom. The molecular formula is C17H11ClN2O2. The molecule has 4 nitrogen and oxygen atoms in total. The summed E-state index contributed by atoms with van der Waals surface area (Å²) in [6, 6.07) is 18.1. The topological polar surface area (TPSA) is 55.5 Å². The smallest absolute Gasteiger partial charge is 0.258 e. The van der Waals surface area contributed by atoms with Crippen molar-refractivity contribution in [2.24, 2.45) is 4.99 Å². The number of nitro groups is 1. The summed E-state index contributed by atoms with van der Waals surface area (Å²) in [5.41, 5.74) is 1.27. The van der Waals surface area contributed by atoms with Crippen molar-refractivity contribution in [2.75, 3.05) is 0 Å². The van der Waals surface area contributed by atoms with Crippen molar-refractivity contribution in [3.63, 3.8) is 0 Å². The number of benzene rings is 3. The van der Waals surface area contributed by atoms with Crippen molar-refractivity contribution in [1.29, 1.82) is 0 Å². The molecule has 0 saturated heterocycles. The third-order valence-electron chi connectivity index (χ3n) is 3.28. The molecule has 0 spiro atoms. The summed E-state index contributed by atoms with van der Waals surface area (Å²) in [5, 5.41) is 13.4. The number of nitro benzene ring substituents is 1. The molecule has 108 valence electrons. The Balaban J connectivity index is 1.95. The van der Waals surface area contributed by atoms with E-state index in [0.29, 0.717) is 10.6 Å². The molecule has 3 aromatic rings. The van der Waals surface area contributed by atoms with Crippen LogP contribution in [0.3, 0.4) is 0 Å². The fraction of sp³-hybridized carbons (Fsp3) is 0. The zero-order valence-corrected chi connectivity index (χ0v) is 12.2. The minimum absolute atomic E-state index is 0.00985. The van der Waals surface area contributed by atoms with E-state index in [4.69, 9.17) is 11.6 Å². The standard InChI is InChI=1S/C17H11ClN2O2/c18-17-8-7-16(20(21)22)10-14(17)11-19-15-6-5-12-3-1-2-4-13(12)9-15/h1-11H/b19-11+. The fourth-order valence-corrected chi connectivity index (χ4v) is 2.31. The van der Waals surface area contributed by atoms with E-state index in [-0.39, 0.29) is 5.69 Å². The van der Waals surface area contributed by atoms with Crippen LogP contribution in [-0.4, -0.2) is 11.1 Å². The van der Waals surface area contributed by atoms with E-state index in [0.717, 1.165) is 16.5 Å². The van der Waals surface area contributed by atoms with Crippen molar-refractivity contribution < 1.29 is 4.92 Å². The molecule has 3 aromatic carbocycles. The van der Waals surface area contributed by atoms with E-state index in [1.807, 2.05) is 42.5 Å². The first-order valence-corrected chi connectivity index (χ1v) is 6.98. The van der Waals surface area contributed by atoms with Crippen molar-refractivity contribution in [3.8, 4) is 0 Å². The van der Waals surface area contributed by atoms with Crippen LogP contribution in [0.2, 0.25) is 5.02 Å². The van der Waals surface area contributed by atoms with Crippen LogP contribution in [0.25, 0.3) is 10.8 Å². The number of rotatable bonds is 3. The van der Waals surface area contributed by atoms with E-state index in [1.165, 1.54) is 18.2 Å². The molecular weight excluding hydrogens is 300 g/mol. The second kappa shape index (κ2) is 5.95. The minimum Gasteiger partial charge on any atom is -0.258 e. The van der Waals surface area contributed by atoms with Gasteiger partial charge in [-0.3, -0.25) is 15.1 Å². The van der Waals surface area contributed by atoms with Gasteiger partial charge in [-0.1, -0.05) is 41.9 Å². The Morgan fingerprint density at radius 1 is 1.00 bits per heavy atom. The molecule has 0 amide bonds. The number of aliphatic imine (C=N–C) groups is 1. The quantitative estimate of drug-likeness (QED) is 0.381. The first-order valence-electron chi connectivity index (χ1n) is 6.60. The number of halogens is 1. The van der Waals surface area contributed by atoms with E-state index in [1.54, 1.807) is 6.21 Å². The van der Waals surface area contributed by atoms with Gasteiger partial charge in [-0.2, -0.15) is 0 Å². The van der Waals surface area contributed by atoms with Gasteiger partial charge in [0.15, 0.2) is 0 Å². The maximum atomic E-state index is 10.8. The summed E-state index contributed by atoms with van der Waals surface area (Å²) in [7, 11) is 0. The molecule has 0 unspecified atom stereocenters. The molecule has 0 radical (unpaired) electrons. The van der Waals surface area contributed by atoms with Crippen LogP contribution in [0.15, 0.2) is 65.7 Å². The van der Waals surface area contributed by atoms with Crippen LogP contribution in [0.4, 0.5) is 11.4 Å². The second-order valence-electron chi connectivity index (χ2n) is 4.75. The third-order valence-corrected chi connectivity index (χ3v) is 3.62. The lowest BCUT2D eigenvalue weighted by molar-refractivity contribution is -0.384. The summed E-state index contributed by atoms with van der Waals surface area (Å²) in [6.07, 6.45) is 1.54. The molecule has 0 N–H and O–H groups in total. The lowest BCUT2D eigenvalue weighted by atomic mass is 10.1. The number of non-ortho nitro benzene ring substituents is 1. The van der Waals surface area contributed by atoms with Crippen LogP contribution in [0.5, 0.6) is 0 Å². The number of hydrogen-bond acceptors (Lipinski definition) is 3. The van der Waals surface area contributed by atoms with E-state index in [9.17, 15) is 10.1 Å². The Hall–Kier alpha value is -2.72. The van der Waals surface area contributed by atoms with Crippen molar-refractivity contribution in [3.05, 3.63) is 81.4 Å². The molecule has 0 aliphatic heterocycles. The SMILES string of the molecule is O=[N+]([O-])c1ccc(Cl)c(/C=N/c2ccc3ccccc3c2)c1. The minimum atomic E-state index is -0.455. The van der Waals surface area contributed by atoms with Gasteiger partial charge in [-0.05, 0) is 29.0 Å². The molecule has 0 aliphatic rings. The molecule has 0 bridgehead atoms. The first kappa shape index (κ1) is 14.2. The first-order chi connectivity index (χ1) is 10.6. The molecule has 0 atom stereocenters. The van der Waals surface area contributed by atoms with Gasteiger partial charge in [0.2, 0.25) is 0 Å². The Labute approximate surface area is 131 Å². The molecule has 5 heteroatoms. The largest absolute Gasteiger partial charge is 0.270 e.